The largest absolute Gasteiger partial charge is 0.455 e. The number of esters is 1. The summed E-state index contributed by atoms with van der Waals surface area (Å²) in [5.41, 5.74) is -6.01. The molecule has 3 aliphatic carbocycles. The van der Waals surface area contributed by atoms with Crippen LogP contribution in [0.4, 0.5) is 0 Å². The van der Waals surface area contributed by atoms with Crippen LogP contribution in [0.5, 0.6) is 0 Å². The molecule has 0 spiro atoms. The number of allylic oxidation sites excluding steroid dienone is 3. The number of aliphatic hydroxyl groups is 3. The van der Waals surface area contributed by atoms with Crippen molar-refractivity contribution < 1.29 is 48.6 Å². The first kappa shape index (κ1) is 32.6. The number of unbranched alkanes of at least 4 members (excludes halogenated alkanes) is 3. The van der Waals surface area contributed by atoms with Crippen molar-refractivity contribution in [2.24, 2.45) is 17.8 Å². The third kappa shape index (κ3) is 4.16. The SMILES string of the molecule is C=C(C)[C@@]12O[C@@]3(/C=C/C=C/CCCCC)O[C@@H]1[C@@H]1[C@@H]4O[C@]4(CO)[C@H](O)[C@]4(O)C(=O)C(C)=C[C@@H]4[C@@]1(O3)[C@H](C)[C@H]2OC(=O)c1ccccc1. The van der Waals surface area contributed by atoms with Crippen molar-refractivity contribution in [3.63, 3.8) is 0 Å². The third-order valence-electron chi connectivity index (χ3n) is 11.5. The van der Waals surface area contributed by atoms with E-state index in [1.807, 2.05) is 19.1 Å². The zero-order valence-electron chi connectivity index (χ0n) is 27.3. The van der Waals surface area contributed by atoms with Crippen LogP contribution < -0.4 is 0 Å². The molecule has 252 valence electrons. The van der Waals surface area contributed by atoms with Gasteiger partial charge in [0.15, 0.2) is 17.0 Å². The van der Waals surface area contributed by atoms with Crippen LogP contribution >= 0.6 is 0 Å². The van der Waals surface area contributed by atoms with E-state index in [0.717, 1.165) is 25.7 Å². The van der Waals surface area contributed by atoms with Crippen LogP contribution in [0.3, 0.4) is 0 Å². The first-order valence-electron chi connectivity index (χ1n) is 16.7. The molecule has 0 unspecified atom stereocenters. The standard InChI is InChI=1S/C37H44O10/c1-6-7-8-9-10-11-15-18-34-45-30-26-29-33(20-38,44-29)32(41)35(42)25(19-22(4)27(35)39)37(26,47-34)23(5)28(36(30,46-34)21(2)3)43-31(40)24-16-13-12-14-17-24/h10-19,23,25-26,28-30,32,38,41-42H,2,6-9,20H2,1,3-5H3/b11-10+,18-15+/t23-,25+,26+,28-,29+,30-,32+,33+,34-,35-,36+,37+/m1/s1. The van der Waals surface area contributed by atoms with Gasteiger partial charge in [-0.3, -0.25) is 4.79 Å². The molecule has 1 aromatic rings. The predicted octanol–water partition coefficient (Wildman–Crippen LogP) is 3.70. The number of carbonyl (C=O) groups excluding carboxylic acids is 2. The number of aliphatic hydroxyl groups excluding tert-OH is 2. The summed E-state index contributed by atoms with van der Waals surface area (Å²) in [5, 5.41) is 34.9. The monoisotopic (exact) mass is 648 g/mol. The Bertz CT molecular complexity index is 1570. The van der Waals surface area contributed by atoms with E-state index in [9.17, 15) is 24.9 Å². The number of hydrogen-bond acceptors (Lipinski definition) is 10. The van der Waals surface area contributed by atoms with Crippen LogP contribution in [0.15, 0.2) is 78.4 Å². The summed E-state index contributed by atoms with van der Waals surface area (Å²) in [6.45, 7) is 11.0. The summed E-state index contributed by atoms with van der Waals surface area (Å²) >= 11 is 0. The lowest BCUT2D eigenvalue weighted by Gasteiger charge is -2.61. The highest BCUT2D eigenvalue weighted by Gasteiger charge is 2.90. The molecular weight excluding hydrogens is 604 g/mol. The number of fused-ring (bicyclic) bond motifs is 3. The van der Waals surface area contributed by atoms with Gasteiger partial charge in [0, 0.05) is 23.8 Å². The minimum Gasteiger partial charge on any atom is -0.455 e. The van der Waals surface area contributed by atoms with Gasteiger partial charge in [0.25, 0.3) is 0 Å². The fourth-order valence-corrected chi connectivity index (χ4v) is 9.24. The number of Topliss-reactive ketones (excluding diaryl/α,β-unsaturated/α-hetero) is 1. The number of epoxide rings is 1. The zero-order chi connectivity index (χ0) is 33.6. The second-order valence-electron chi connectivity index (χ2n) is 14.1. The maximum absolute atomic E-state index is 13.8. The zero-order valence-corrected chi connectivity index (χ0v) is 27.3. The van der Waals surface area contributed by atoms with Gasteiger partial charge in [-0.15, -0.1) is 0 Å². The Kier molecular flexibility index (Phi) is 7.65. The van der Waals surface area contributed by atoms with E-state index in [1.54, 1.807) is 62.4 Å². The normalized spacial score (nSPS) is 45.8. The van der Waals surface area contributed by atoms with E-state index in [4.69, 9.17) is 23.7 Å². The summed E-state index contributed by atoms with van der Waals surface area (Å²) in [7, 11) is 0. The van der Waals surface area contributed by atoms with Gasteiger partial charge in [-0.05, 0) is 50.0 Å². The molecule has 10 nitrogen and oxygen atoms in total. The topological polar surface area (TPSA) is 144 Å². The fourth-order valence-electron chi connectivity index (χ4n) is 9.24. The molecule has 7 rings (SSSR count). The average Bonchev–Trinajstić information content (AvgIpc) is 3.69. The second-order valence-corrected chi connectivity index (χ2v) is 14.1. The molecule has 3 aliphatic heterocycles. The van der Waals surface area contributed by atoms with E-state index in [-0.39, 0.29) is 5.57 Å². The minimum absolute atomic E-state index is 0.238. The Hall–Kier alpha value is -2.96. The van der Waals surface area contributed by atoms with Crippen LogP contribution in [-0.4, -0.2) is 86.5 Å². The van der Waals surface area contributed by atoms with Crippen molar-refractivity contribution in [3.05, 3.63) is 84.0 Å². The van der Waals surface area contributed by atoms with Crippen molar-refractivity contribution in [3.8, 4) is 0 Å². The van der Waals surface area contributed by atoms with Crippen LogP contribution in [0, 0.1) is 17.8 Å². The molecule has 0 amide bonds. The second kappa shape index (κ2) is 11.0. The maximum atomic E-state index is 13.8. The van der Waals surface area contributed by atoms with E-state index < -0.39 is 88.9 Å². The van der Waals surface area contributed by atoms with Crippen LogP contribution in [0.2, 0.25) is 0 Å². The van der Waals surface area contributed by atoms with Crippen LogP contribution in [0.25, 0.3) is 0 Å². The molecule has 10 heteroatoms. The van der Waals surface area contributed by atoms with Gasteiger partial charge in [-0.2, -0.15) is 0 Å². The summed E-state index contributed by atoms with van der Waals surface area (Å²) < 4.78 is 33.2. The number of carbonyl (C=O) groups is 2. The third-order valence-corrected chi connectivity index (χ3v) is 11.5. The van der Waals surface area contributed by atoms with E-state index in [1.165, 1.54) is 0 Å². The predicted molar refractivity (Wildman–Crippen MR) is 169 cm³/mol. The molecule has 3 heterocycles. The van der Waals surface area contributed by atoms with Crippen molar-refractivity contribution in [1.82, 2.24) is 0 Å². The lowest BCUT2D eigenvalue weighted by Crippen LogP contribution is -2.76. The molecule has 0 aromatic heterocycles. The number of ether oxygens (including phenoxy) is 5. The molecule has 2 saturated carbocycles. The quantitative estimate of drug-likeness (QED) is 0.113. The smallest absolute Gasteiger partial charge is 0.338 e. The molecule has 0 radical (unpaired) electrons. The van der Waals surface area contributed by atoms with Crippen molar-refractivity contribution >= 4 is 11.8 Å². The molecule has 1 aromatic carbocycles. The number of hydrogen-bond donors (Lipinski definition) is 3. The Morgan fingerprint density at radius 1 is 1.11 bits per heavy atom. The van der Waals surface area contributed by atoms with Gasteiger partial charge in [-0.1, -0.05) is 75.8 Å². The highest BCUT2D eigenvalue weighted by molar-refractivity contribution is 6.05. The Balaban J connectivity index is 1.41. The summed E-state index contributed by atoms with van der Waals surface area (Å²) in [4.78, 5) is 27.6. The molecule has 3 bridgehead atoms. The lowest BCUT2D eigenvalue weighted by molar-refractivity contribution is -0.407. The van der Waals surface area contributed by atoms with Gasteiger partial charge in [0.1, 0.15) is 30.0 Å². The van der Waals surface area contributed by atoms with Crippen molar-refractivity contribution in [2.45, 2.75) is 106 Å². The average molecular weight is 649 g/mol. The lowest BCUT2D eigenvalue weighted by atomic mass is 9.53. The number of benzene rings is 1. The van der Waals surface area contributed by atoms with Gasteiger partial charge >= 0.3 is 11.9 Å². The molecule has 3 N–H and O–H groups in total. The van der Waals surface area contributed by atoms with E-state index >= 15 is 0 Å². The summed E-state index contributed by atoms with van der Waals surface area (Å²) in [5.74, 6) is -5.81. The Morgan fingerprint density at radius 2 is 1.85 bits per heavy atom. The Labute approximate surface area is 274 Å². The fraction of sp³-hybridized carbons (Fsp3) is 0.568. The van der Waals surface area contributed by atoms with Gasteiger partial charge < -0.3 is 39.0 Å². The van der Waals surface area contributed by atoms with Crippen molar-refractivity contribution in [2.75, 3.05) is 6.61 Å². The molecule has 47 heavy (non-hydrogen) atoms. The number of ketones is 1. The van der Waals surface area contributed by atoms with Gasteiger partial charge in [0.05, 0.1) is 17.8 Å². The van der Waals surface area contributed by atoms with Crippen LogP contribution in [0.1, 0.15) is 63.7 Å². The highest BCUT2D eigenvalue weighted by atomic mass is 16.9. The molecule has 3 saturated heterocycles. The first-order chi connectivity index (χ1) is 22.4. The first-order valence-corrected chi connectivity index (χ1v) is 16.7. The molecule has 12 atom stereocenters. The van der Waals surface area contributed by atoms with E-state index in [0.29, 0.717) is 11.1 Å². The Morgan fingerprint density at radius 3 is 2.53 bits per heavy atom. The number of rotatable bonds is 10. The summed E-state index contributed by atoms with van der Waals surface area (Å²) in [6, 6.07) is 8.57. The van der Waals surface area contributed by atoms with E-state index in [2.05, 4.69) is 13.5 Å². The van der Waals surface area contributed by atoms with Crippen LogP contribution in [-0.2, 0) is 28.5 Å². The van der Waals surface area contributed by atoms with Crippen molar-refractivity contribution in [1.29, 1.82) is 0 Å². The maximum Gasteiger partial charge on any atom is 0.338 e. The highest BCUT2D eigenvalue weighted by Crippen LogP contribution is 2.73. The van der Waals surface area contributed by atoms with Gasteiger partial charge in [-0.25, -0.2) is 4.79 Å². The molecular formula is C37H44O10. The molecule has 5 fully saturated rings. The van der Waals surface area contributed by atoms with Gasteiger partial charge in [0.2, 0.25) is 0 Å². The minimum atomic E-state index is -2.41. The molecule has 6 aliphatic rings. The summed E-state index contributed by atoms with van der Waals surface area (Å²) in [6.07, 6.45) is 8.51.